The molecule has 0 bridgehead atoms. The molecule has 0 unspecified atom stereocenters. The van der Waals surface area contributed by atoms with Crippen molar-refractivity contribution in [3.05, 3.63) is 47.6 Å². The van der Waals surface area contributed by atoms with E-state index in [1.165, 1.54) is 6.08 Å². The Morgan fingerprint density at radius 2 is 1.73 bits per heavy atom. The summed E-state index contributed by atoms with van der Waals surface area (Å²) in [4.78, 5) is 20.6. The molecule has 0 aromatic rings. The van der Waals surface area contributed by atoms with Gasteiger partial charge in [-0.3, -0.25) is 9.59 Å². The molecule has 0 fully saturated rings. The molecular weight excluding hydrogens is 188 g/mol. The number of rotatable bonds is 6. The normalized spacial score (nSPS) is 12.0. The fourth-order valence-electron chi connectivity index (χ4n) is 0.996. The molecule has 2 heteroatoms. The van der Waals surface area contributed by atoms with Crippen molar-refractivity contribution in [1.82, 2.24) is 0 Å². The Bertz CT molecular complexity index is 307. The van der Waals surface area contributed by atoms with Crippen LogP contribution in [0.2, 0.25) is 0 Å². The van der Waals surface area contributed by atoms with Crippen molar-refractivity contribution in [2.45, 2.75) is 20.3 Å². The molecule has 0 aromatic carbocycles. The van der Waals surface area contributed by atoms with Crippen LogP contribution in [0.15, 0.2) is 47.6 Å². The van der Waals surface area contributed by atoms with E-state index in [0.29, 0.717) is 12.6 Å². The van der Waals surface area contributed by atoms with Gasteiger partial charge in [0.2, 0.25) is 0 Å². The predicted molar refractivity (Wildman–Crippen MR) is 62.5 cm³/mol. The molecule has 0 atom stereocenters. The van der Waals surface area contributed by atoms with Gasteiger partial charge in [0.15, 0.2) is 12.6 Å². The minimum Gasteiger partial charge on any atom is -0.298 e. The quantitative estimate of drug-likeness (QED) is 0.219. The van der Waals surface area contributed by atoms with E-state index in [-0.39, 0.29) is 5.57 Å². The molecule has 0 radical (unpaired) electrons. The Labute approximate surface area is 90.7 Å². The minimum atomic E-state index is 0.141. The highest BCUT2D eigenvalue weighted by molar-refractivity contribution is 5.99. The lowest BCUT2D eigenvalue weighted by Crippen LogP contribution is -1.83. The minimum absolute atomic E-state index is 0.141. The second-order valence-electron chi connectivity index (χ2n) is 2.87. The van der Waals surface area contributed by atoms with E-state index in [2.05, 4.69) is 13.0 Å². The average molecular weight is 204 g/mol. The smallest absolute Gasteiger partial charge is 0.153 e. The maximum absolute atomic E-state index is 10.3. The fraction of sp³-hybridized carbons (Fsp3) is 0.231. The van der Waals surface area contributed by atoms with Crippen LogP contribution in [0.1, 0.15) is 20.3 Å². The Morgan fingerprint density at radius 3 is 2.20 bits per heavy atom. The van der Waals surface area contributed by atoms with Gasteiger partial charge in [-0.15, -0.1) is 0 Å². The lowest BCUT2D eigenvalue weighted by molar-refractivity contribution is -0.109. The Hall–Kier alpha value is -1.70. The number of carbonyl (C=O) groups excluding carboxylic acids is 2. The van der Waals surface area contributed by atoms with Crippen LogP contribution in [0, 0.1) is 0 Å². The summed E-state index contributed by atoms with van der Waals surface area (Å²) in [6.07, 6.45) is 13.0. The number of allylic oxidation sites excluding steroid dienone is 8. The van der Waals surface area contributed by atoms with E-state index in [1.807, 2.05) is 25.2 Å². The lowest BCUT2D eigenvalue weighted by Gasteiger charge is -1.91. The van der Waals surface area contributed by atoms with Gasteiger partial charge in [-0.2, -0.15) is 0 Å². The number of carbonyl (C=O) groups is 2. The number of hydrogen-bond acceptors (Lipinski definition) is 2. The zero-order chi connectivity index (χ0) is 11.5. The van der Waals surface area contributed by atoms with Crippen molar-refractivity contribution in [2.24, 2.45) is 0 Å². The maximum Gasteiger partial charge on any atom is 0.153 e. The van der Waals surface area contributed by atoms with Crippen LogP contribution >= 0.6 is 0 Å². The summed E-state index contributed by atoms with van der Waals surface area (Å²) in [5.74, 6) is 0. The van der Waals surface area contributed by atoms with Crippen molar-refractivity contribution < 1.29 is 9.59 Å². The molecular formula is C13H16O2. The summed E-state index contributed by atoms with van der Waals surface area (Å²) in [7, 11) is 0. The maximum atomic E-state index is 10.3. The van der Waals surface area contributed by atoms with Crippen LogP contribution < -0.4 is 0 Å². The SMILES string of the molecule is C\C=C/C(/C=C/C=C(C=O)C=O)=C\CC. The van der Waals surface area contributed by atoms with Gasteiger partial charge in [-0.25, -0.2) is 0 Å². The van der Waals surface area contributed by atoms with Crippen LogP contribution in [0.5, 0.6) is 0 Å². The summed E-state index contributed by atoms with van der Waals surface area (Å²) < 4.78 is 0. The first kappa shape index (κ1) is 13.3. The van der Waals surface area contributed by atoms with E-state index < -0.39 is 0 Å². The van der Waals surface area contributed by atoms with Crippen molar-refractivity contribution in [3.8, 4) is 0 Å². The van der Waals surface area contributed by atoms with Crippen LogP contribution in [-0.4, -0.2) is 12.6 Å². The zero-order valence-electron chi connectivity index (χ0n) is 9.14. The second kappa shape index (κ2) is 8.88. The van der Waals surface area contributed by atoms with E-state index in [9.17, 15) is 9.59 Å². The molecule has 0 rings (SSSR count). The van der Waals surface area contributed by atoms with Gasteiger partial charge in [0.05, 0.1) is 5.57 Å². The molecule has 15 heavy (non-hydrogen) atoms. The first-order valence-electron chi connectivity index (χ1n) is 4.90. The summed E-state index contributed by atoms with van der Waals surface area (Å²) in [5, 5.41) is 0. The monoisotopic (exact) mass is 204 g/mol. The van der Waals surface area contributed by atoms with Crippen LogP contribution in [0.25, 0.3) is 0 Å². The molecule has 2 nitrogen and oxygen atoms in total. The first-order valence-corrected chi connectivity index (χ1v) is 4.90. The molecule has 0 heterocycles. The van der Waals surface area contributed by atoms with Crippen LogP contribution in [0.3, 0.4) is 0 Å². The Morgan fingerprint density at radius 1 is 1.07 bits per heavy atom. The third-order valence-corrected chi connectivity index (χ3v) is 1.65. The van der Waals surface area contributed by atoms with Crippen LogP contribution in [0.4, 0.5) is 0 Å². The molecule has 0 N–H and O–H groups in total. The molecule has 0 aromatic heterocycles. The molecule has 0 saturated carbocycles. The van der Waals surface area contributed by atoms with Crippen molar-refractivity contribution in [1.29, 1.82) is 0 Å². The molecule has 0 aliphatic rings. The van der Waals surface area contributed by atoms with Crippen molar-refractivity contribution in [2.75, 3.05) is 0 Å². The standard InChI is InChI=1S/C13H16O2/c1-3-6-12(7-4-2)8-5-9-13(10-14)11-15/h3,5-11H,4H2,1-2H3/b6-3-,8-5+,12-7+. The van der Waals surface area contributed by atoms with E-state index in [1.54, 1.807) is 6.08 Å². The van der Waals surface area contributed by atoms with Gasteiger partial charge >= 0.3 is 0 Å². The molecule has 0 amide bonds. The van der Waals surface area contributed by atoms with Gasteiger partial charge < -0.3 is 0 Å². The van der Waals surface area contributed by atoms with Gasteiger partial charge in [0, 0.05) is 0 Å². The lowest BCUT2D eigenvalue weighted by atomic mass is 10.2. The molecule has 80 valence electrons. The average Bonchev–Trinajstić information content (AvgIpc) is 2.25. The fourth-order valence-corrected chi connectivity index (χ4v) is 0.996. The van der Waals surface area contributed by atoms with Gasteiger partial charge in [0.25, 0.3) is 0 Å². The van der Waals surface area contributed by atoms with Gasteiger partial charge in [-0.05, 0) is 25.0 Å². The summed E-state index contributed by atoms with van der Waals surface area (Å²) in [6, 6.07) is 0. The number of aldehydes is 2. The Balaban J connectivity index is 4.60. The first-order chi connectivity index (χ1) is 7.28. The summed E-state index contributed by atoms with van der Waals surface area (Å²) in [5.41, 5.74) is 1.20. The van der Waals surface area contributed by atoms with Crippen LogP contribution in [-0.2, 0) is 9.59 Å². The van der Waals surface area contributed by atoms with E-state index in [4.69, 9.17) is 0 Å². The highest BCUT2D eigenvalue weighted by Crippen LogP contribution is 2.02. The van der Waals surface area contributed by atoms with Crippen molar-refractivity contribution >= 4 is 12.6 Å². The van der Waals surface area contributed by atoms with E-state index in [0.717, 1.165) is 12.0 Å². The summed E-state index contributed by atoms with van der Waals surface area (Å²) in [6.45, 7) is 3.99. The highest BCUT2D eigenvalue weighted by Gasteiger charge is 1.87. The van der Waals surface area contributed by atoms with Gasteiger partial charge in [-0.1, -0.05) is 37.3 Å². The van der Waals surface area contributed by atoms with Crippen molar-refractivity contribution in [3.63, 3.8) is 0 Å². The largest absolute Gasteiger partial charge is 0.298 e. The predicted octanol–water partition coefficient (Wildman–Crippen LogP) is 2.78. The third kappa shape index (κ3) is 6.38. The Kier molecular flexibility index (Phi) is 7.87. The molecule has 0 saturated heterocycles. The highest BCUT2D eigenvalue weighted by atomic mass is 16.1. The third-order valence-electron chi connectivity index (χ3n) is 1.65. The molecule has 0 aliphatic carbocycles. The topological polar surface area (TPSA) is 34.1 Å². The zero-order valence-corrected chi connectivity index (χ0v) is 9.14. The number of hydrogen-bond donors (Lipinski definition) is 0. The van der Waals surface area contributed by atoms with E-state index >= 15 is 0 Å². The summed E-state index contributed by atoms with van der Waals surface area (Å²) >= 11 is 0. The molecule has 0 spiro atoms. The second-order valence-corrected chi connectivity index (χ2v) is 2.87. The van der Waals surface area contributed by atoms with Gasteiger partial charge in [0.1, 0.15) is 0 Å². The molecule has 0 aliphatic heterocycles.